The van der Waals surface area contributed by atoms with Crippen molar-refractivity contribution >= 4 is 17.6 Å². The van der Waals surface area contributed by atoms with Crippen LogP contribution < -0.4 is 0 Å². The molecule has 0 aromatic carbocycles. The predicted molar refractivity (Wildman–Crippen MR) is 56.6 cm³/mol. The molecule has 0 aliphatic carbocycles. The van der Waals surface area contributed by atoms with E-state index in [1.165, 1.54) is 18.8 Å². The lowest BCUT2D eigenvalue weighted by atomic mass is 10.2. The molecule has 1 N–H and O–H groups in total. The Bertz CT molecular complexity index is 289. The second-order valence-corrected chi connectivity index (χ2v) is 3.23. The van der Waals surface area contributed by atoms with Crippen LogP contribution in [0.15, 0.2) is 18.5 Å². The molecule has 0 fully saturated rings. The van der Waals surface area contributed by atoms with E-state index in [9.17, 15) is 4.79 Å². The van der Waals surface area contributed by atoms with Gasteiger partial charge in [-0.05, 0) is 11.6 Å². The third kappa shape index (κ3) is 6.43. The van der Waals surface area contributed by atoms with Crippen molar-refractivity contribution in [1.82, 2.24) is 4.98 Å². The first kappa shape index (κ1) is 12.9. The molecular formula is C10H14ClNO2. The lowest BCUT2D eigenvalue weighted by Gasteiger charge is -1.94. The van der Waals surface area contributed by atoms with E-state index in [1.807, 2.05) is 0 Å². The molecule has 1 aromatic rings. The average molecular weight is 216 g/mol. The molecular weight excluding hydrogens is 202 g/mol. The Labute approximate surface area is 88.7 Å². The van der Waals surface area contributed by atoms with E-state index in [0.29, 0.717) is 10.6 Å². The molecule has 0 saturated heterocycles. The van der Waals surface area contributed by atoms with Crippen molar-refractivity contribution in [3.8, 4) is 0 Å². The number of carboxylic acid groups (broad SMARTS) is 1. The Morgan fingerprint density at radius 2 is 2.07 bits per heavy atom. The van der Waals surface area contributed by atoms with E-state index in [2.05, 4.69) is 18.8 Å². The Morgan fingerprint density at radius 1 is 1.50 bits per heavy atom. The van der Waals surface area contributed by atoms with E-state index < -0.39 is 5.97 Å². The summed E-state index contributed by atoms with van der Waals surface area (Å²) in [6.45, 7) is 4.25. The second-order valence-electron chi connectivity index (χ2n) is 2.79. The summed E-state index contributed by atoms with van der Waals surface area (Å²) in [4.78, 5) is 14.0. The number of carbonyl (C=O) groups is 1. The van der Waals surface area contributed by atoms with Gasteiger partial charge in [-0.25, -0.2) is 0 Å². The smallest absolute Gasteiger partial charge is 0.307 e. The fourth-order valence-electron chi connectivity index (χ4n) is 0.727. The first-order chi connectivity index (χ1) is 6.60. The summed E-state index contributed by atoms with van der Waals surface area (Å²) in [5.74, 6) is -0.880. The van der Waals surface area contributed by atoms with Gasteiger partial charge in [0.05, 0.1) is 11.4 Å². The van der Waals surface area contributed by atoms with Crippen molar-refractivity contribution in [1.29, 1.82) is 0 Å². The van der Waals surface area contributed by atoms with Crippen LogP contribution in [0.2, 0.25) is 5.02 Å². The maximum Gasteiger partial charge on any atom is 0.307 e. The normalized spacial score (nSPS) is 8.79. The van der Waals surface area contributed by atoms with Crippen molar-refractivity contribution in [2.45, 2.75) is 26.7 Å². The molecule has 0 unspecified atom stereocenters. The summed E-state index contributed by atoms with van der Waals surface area (Å²) >= 11 is 5.57. The minimum Gasteiger partial charge on any atom is -0.481 e. The third-order valence-corrected chi connectivity index (χ3v) is 1.32. The van der Waals surface area contributed by atoms with Crippen LogP contribution in [0.25, 0.3) is 0 Å². The number of rotatable bonds is 2. The fraction of sp³-hybridized carbons (Fsp3) is 0.400. The van der Waals surface area contributed by atoms with Gasteiger partial charge in [-0.2, -0.15) is 0 Å². The highest BCUT2D eigenvalue weighted by atomic mass is 35.5. The van der Waals surface area contributed by atoms with Crippen LogP contribution in [0.4, 0.5) is 0 Å². The minimum atomic E-state index is -0.880. The van der Waals surface area contributed by atoms with Crippen LogP contribution in [-0.4, -0.2) is 16.1 Å². The SMILES string of the molecule is CCC.O=C(O)Cc1cncc(Cl)c1. The monoisotopic (exact) mass is 215 g/mol. The number of carboxylic acids is 1. The van der Waals surface area contributed by atoms with E-state index in [1.54, 1.807) is 6.07 Å². The lowest BCUT2D eigenvalue weighted by molar-refractivity contribution is -0.136. The number of hydrogen-bond donors (Lipinski definition) is 1. The first-order valence-electron chi connectivity index (χ1n) is 4.41. The van der Waals surface area contributed by atoms with Gasteiger partial charge in [0, 0.05) is 12.4 Å². The van der Waals surface area contributed by atoms with Crippen LogP contribution in [-0.2, 0) is 11.2 Å². The molecule has 1 heterocycles. The van der Waals surface area contributed by atoms with Gasteiger partial charge in [-0.15, -0.1) is 0 Å². The number of hydrogen-bond acceptors (Lipinski definition) is 2. The first-order valence-corrected chi connectivity index (χ1v) is 4.79. The van der Waals surface area contributed by atoms with Gasteiger partial charge in [0.2, 0.25) is 0 Å². The highest BCUT2D eigenvalue weighted by Gasteiger charge is 2.00. The molecule has 1 aromatic heterocycles. The van der Waals surface area contributed by atoms with E-state index in [4.69, 9.17) is 16.7 Å². The molecule has 78 valence electrons. The number of aromatic nitrogens is 1. The minimum absolute atomic E-state index is 0.0342. The van der Waals surface area contributed by atoms with Crippen LogP contribution in [0.1, 0.15) is 25.8 Å². The molecule has 14 heavy (non-hydrogen) atoms. The number of nitrogens with zero attached hydrogens (tertiary/aromatic N) is 1. The molecule has 0 aliphatic heterocycles. The Morgan fingerprint density at radius 3 is 2.50 bits per heavy atom. The summed E-state index contributed by atoms with van der Waals surface area (Å²) in [5, 5.41) is 8.85. The van der Waals surface area contributed by atoms with Gasteiger partial charge in [0.1, 0.15) is 0 Å². The van der Waals surface area contributed by atoms with Gasteiger partial charge in [-0.3, -0.25) is 9.78 Å². The molecule has 0 bridgehead atoms. The van der Waals surface area contributed by atoms with Crippen molar-refractivity contribution in [3.05, 3.63) is 29.0 Å². The third-order valence-electron chi connectivity index (χ3n) is 1.12. The Balaban J connectivity index is 0.000000500. The van der Waals surface area contributed by atoms with Gasteiger partial charge in [0.25, 0.3) is 0 Å². The quantitative estimate of drug-likeness (QED) is 0.826. The van der Waals surface area contributed by atoms with Crippen LogP contribution >= 0.6 is 11.6 Å². The van der Waals surface area contributed by atoms with Gasteiger partial charge >= 0.3 is 5.97 Å². The molecule has 0 amide bonds. The van der Waals surface area contributed by atoms with Gasteiger partial charge in [0.15, 0.2) is 0 Å². The van der Waals surface area contributed by atoms with Crippen LogP contribution in [0, 0.1) is 0 Å². The molecule has 0 spiro atoms. The zero-order chi connectivity index (χ0) is 11.0. The predicted octanol–water partition coefficient (Wildman–Crippen LogP) is 2.78. The summed E-state index contributed by atoms with van der Waals surface area (Å²) in [6, 6.07) is 1.59. The summed E-state index contributed by atoms with van der Waals surface area (Å²) in [7, 11) is 0. The van der Waals surface area contributed by atoms with Crippen molar-refractivity contribution in [2.75, 3.05) is 0 Å². The van der Waals surface area contributed by atoms with Crippen molar-refractivity contribution in [2.24, 2.45) is 0 Å². The standard InChI is InChI=1S/C7H6ClNO2.C3H8/c8-6-1-5(2-7(10)11)3-9-4-6;1-3-2/h1,3-4H,2H2,(H,10,11);3H2,1-2H3. The fourth-order valence-corrected chi connectivity index (χ4v) is 0.924. The van der Waals surface area contributed by atoms with Crippen molar-refractivity contribution in [3.63, 3.8) is 0 Å². The molecule has 0 saturated carbocycles. The highest BCUT2D eigenvalue weighted by Crippen LogP contribution is 2.08. The molecule has 0 atom stereocenters. The summed E-state index contributed by atoms with van der Waals surface area (Å²) in [5.41, 5.74) is 0.616. The molecule has 1 rings (SSSR count). The average Bonchev–Trinajstić information content (AvgIpc) is 2.03. The van der Waals surface area contributed by atoms with E-state index in [-0.39, 0.29) is 6.42 Å². The summed E-state index contributed by atoms with van der Waals surface area (Å²) < 4.78 is 0. The summed E-state index contributed by atoms with van der Waals surface area (Å²) in [6.07, 6.45) is 4.17. The highest BCUT2D eigenvalue weighted by molar-refractivity contribution is 6.30. The Hall–Kier alpha value is -1.09. The largest absolute Gasteiger partial charge is 0.481 e. The molecule has 4 heteroatoms. The maximum atomic E-state index is 10.2. The van der Waals surface area contributed by atoms with Gasteiger partial charge < -0.3 is 5.11 Å². The van der Waals surface area contributed by atoms with Crippen molar-refractivity contribution < 1.29 is 9.90 Å². The molecule has 0 aliphatic rings. The maximum absolute atomic E-state index is 10.2. The van der Waals surface area contributed by atoms with Crippen LogP contribution in [0.3, 0.4) is 0 Å². The zero-order valence-corrected chi connectivity index (χ0v) is 9.08. The van der Waals surface area contributed by atoms with Crippen LogP contribution in [0.5, 0.6) is 0 Å². The lowest BCUT2D eigenvalue weighted by Crippen LogP contribution is -1.99. The Kier molecular flexibility index (Phi) is 6.76. The second kappa shape index (κ2) is 7.33. The number of pyridine rings is 1. The zero-order valence-electron chi connectivity index (χ0n) is 8.33. The topological polar surface area (TPSA) is 50.2 Å². The van der Waals surface area contributed by atoms with E-state index in [0.717, 1.165) is 0 Å². The van der Waals surface area contributed by atoms with Gasteiger partial charge in [-0.1, -0.05) is 31.9 Å². The molecule has 0 radical (unpaired) electrons. The molecule has 3 nitrogen and oxygen atoms in total. The number of halogens is 1. The number of aliphatic carboxylic acids is 1. The van der Waals surface area contributed by atoms with E-state index >= 15 is 0 Å².